The molecule has 0 saturated carbocycles. The van der Waals surface area contributed by atoms with Gasteiger partial charge < -0.3 is 13.9 Å². The molecule has 0 fully saturated rings. The van der Waals surface area contributed by atoms with Crippen LogP contribution >= 0.6 is 0 Å². The smallest absolute Gasteiger partial charge is 0.143 e. The monoisotopic (exact) mass is 880 g/mol. The lowest BCUT2D eigenvalue weighted by molar-refractivity contribution is 0.670. The Morgan fingerprint density at radius 2 is 0.725 bits per heavy atom. The Balaban J connectivity index is 0.865. The predicted molar refractivity (Wildman–Crippen MR) is 290 cm³/mol. The Labute approximate surface area is 401 Å². The fraction of sp³-hybridized carbons (Fsp3) is 0. The summed E-state index contributed by atoms with van der Waals surface area (Å²) in [5.41, 5.74) is 20.2. The molecule has 3 heteroatoms. The maximum Gasteiger partial charge on any atom is 0.143 e. The highest BCUT2D eigenvalue weighted by Gasteiger charge is 2.19. The molecular weight excluding hydrogens is 837 g/mol. The molecule has 0 radical (unpaired) electrons. The van der Waals surface area contributed by atoms with E-state index in [0.29, 0.717) is 0 Å². The summed E-state index contributed by atoms with van der Waals surface area (Å²) < 4.78 is 8.93. The number of para-hydroxylation sites is 5. The molecule has 0 aliphatic heterocycles. The largest absolute Gasteiger partial charge is 0.455 e. The molecule has 11 aromatic carbocycles. The molecule has 0 unspecified atom stereocenters. The van der Waals surface area contributed by atoms with E-state index < -0.39 is 0 Å². The van der Waals surface area contributed by atoms with Crippen LogP contribution in [0.15, 0.2) is 271 Å². The molecule has 0 aliphatic rings. The Morgan fingerprint density at radius 3 is 1.41 bits per heavy atom. The number of nitrogens with zero attached hydrogens (tertiary/aromatic N) is 2. The maximum atomic E-state index is 6.51. The number of fused-ring (bicyclic) bond motifs is 6. The van der Waals surface area contributed by atoms with Crippen LogP contribution in [-0.4, -0.2) is 4.57 Å². The first-order valence-corrected chi connectivity index (χ1v) is 23.6. The van der Waals surface area contributed by atoms with Crippen LogP contribution in [-0.2, 0) is 0 Å². The van der Waals surface area contributed by atoms with Crippen LogP contribution in [0.4, 0.5) is 17.1 Å². The SMILES string of the molecule is c1ccc(-c2ccc(N(c3ccc(-c4cccc(-c5ccccc5-n5c6ccccc6c6ccccc65)c4)cc3)c3ccc(-c4ccccc4-c4cccc5c4oc4ccccc45)cc3)cc2)cc1. The van der Waals surface area contributed by atoms with Gasteiger partial charge in [0.2, 0.25) is 0 Å². The number of hydrogen-bond acceptors (Lipinski definition) is 2. The molecule has 0 saturated heterocycles. The molecular formula is C66H44N2O. The molecule has 0 aliphatic carbocycles. The highest BCUT2D eigenvalue weighted by molar-refractivity contribution is 6.11. The Bertz CT molecular complexity index is 3940. The molecule has 0 bridgehead atoms. The summed E-state index contributed by atoms with van der Waals surface area (Å²) in [5, 5.41) is 4.77. The van der Waals surface area contributed by atoms with Gasteiger partial charge in [0.1, 0.15) is 11.2 Å². The minimum absolute atomic E-state index is 0.900. The van der Waals surface area contributed by atoms with E-state index >= 15 is 0 Å². The van der Waals surface area contributed by atoms with Crippen molar-refractivity contribution >= 4 is 60.8 Å². The van der Waals surface area contributed by atoms with E-state index in [2.05, 4.69) is 264 Å². The van der Waals surface area contributed by atoms with Gasteiger partial charge in [0.25, 0.3) is 0 Å². The third kappa shape index (κ3) is 7.08. The average Bonchev–Trinajstić information content (AvgIpc) is 3.98. The lowest BCUT2D eigenvalue weighted by Gasteiger charge is -2.26. The number of benzene rings is 11. The van der Waals surface area contributed by atoms with Gasteiger partial charge in [0, 0.05) is 49.7 Å². The van der Waals surface area contributed by atoms with E-state index in [4.69, 9.17) is 4.42 Å². The topological polar surface area (TPSA) is 21.3 Å². The van der Waals surface area contributed by atoms with Gasteiger partial charge in [-0.3, -0.25) is 0 Å². The summed E-state index contributed by atoms with van der Waals surface area (Å²) in [5.74, 6) is 0. The third-order valence-electron chi connectivity index (χ3n) is 13.6. The van der Waals surface area contributed by atoms with Gasteiger partial charge in [-0.15, -0.1) is 0 Å². The van der Waals surface area contributed by atoms with Gasteiger partial charge in [0.05, 0.1) is 16.7 Å². The van der Waals surface area contributed by atoms with Crippen LogP contribution < -0.4 is 4.90 Å². The van der Waals surface area contributed by atoms with Crippen LogP contribution in [0.25, 0.3) is 105 Å². The molecule has 324 valence electrons. The summed E-state index contributed by atoms with van der Waals surface area (Å²) in [6.07, 6.45) is 0. The zero-order valence-corrected chi connectivity index (χ0v) is 37.7. The first-order chi connectivity index (χ1) is 34.2. The fourth-order valence-corrected chi connectivity index (χ4v) is 10.4. The fourth-order valence-electron chi connectivity index (χ4n) is 10.4. The van der Waals surface area contributed by atoms with Gasteiger partial charge in [-0.1, -0.05) is 200 Å². The van der Waals surface area contributed by atoms with Crippen LogP contribution in [0.5, 0.6) is 0 Å². The van der Waals surface area contributed by atoms with Crippen molar-refractivity contribution in [2.24, 2.45) is 0 Å². The van der Waals surface area contributed by atoms with Crippen molar-refractivity contribution in [3.05, 3.63) is 267 Å². The average molecular weight is 881 g/mol. The third-order valence-corrected chi connectivity index (χ3v) is 13.6. The van der Waals surface area contributed by atoms with E-state index in [-0.39, 0.29) is 0 Å². The number of furan rings is 1. The highest BCUT2D eigenvalue weighted by atomic mass is 16.3. The minimum Gasteiger partial charge on any atom is -0.455 e. The molecule has 3 nitrogen and oxygen atoms in total. The van der Waals surface area contributed by atoms with E-state index in [9.17, 15) is 0 Å². The molecule has 0 amide bonds. The second-order valence-corrected chi connectivity index (χ2v) is 17.6. The van der Waals surface area contributed by atoms with Crippen molar-refractivity contribution in [1.82, 2.24) is 4.57 Å². The van der Waals surface area contributed by atoms with Crippen LogP contribution in [0.2, 0.25) is 0 Å². The summed E-state index contributed by atoms with van der Waals surface area (Å²) in [7, 11) is 0. The van der Waals surface area contributed by atoms with Crippen molar-refractivity contribution in [2.75, 3.05) is 4.90 Å². The standard InChI is InChI=1S/C66H44N2O/c1-2-16-45(17-3-1)46-32-38-51(39-33-46)67(53-42-36-48(37-43-53)54-20-4-5-22-56(54)60-26-15-27-61-59-25-9-13-31-65(59)69-66(60)61)52-40-34-47(35-41-52)49-18-14-19-50(44-49)55-21-6-10-28-62(55)68-63-29-11-7-23-57(63)58-24-8-12-30-64(58)68/h1-44H. The summed E-state index contributed by atoms with van der Waals surface area (Å²) in [6, 6.07) is 96.0. The van der Waals surface area contributed by atoms with Crippen LogP contribution in [0.1, 0.15) is 0 Å². The van der Waals surface area contributed by atoms with Gasteiger partial charge in [0.15, 0.2) is 0 Å². The lowest BCUT2D eigenvalue weighted by Crippen LogP contribution is -2.09. The van der Waals surface area contributed by atoms with Crippen molar-refractivity contribution in [2.45, 2.75) is 0 Å². The van der Waals surface area contributed by atoms with Gasteiger partial charge in [-0.05, 0) is 111 Å². The molecule has 2 aromatic heterocycles. The molecule has 0 atom stereocenters. The zero-order valence-electron chi connectivity index (χ0n) is 37.7. The maximum absolute atomic E-state index is 6.51. The van der Waals surface area contributed by atoms with Crippen molar-refractivity contribution in [3.63, 3.8) is 0 Å². The first-order valence-electron chi connectivity index (χ1n) is 23.6. The minimum atomic E-state index is 0.900. The second-order valence-electron chi connectivity index (χ2n) is 17.6. The van der Waals surface area contributed by atoms with E-state index in [1.165, 1.54) is 44.1 Å². The van der Waals surface area contributed by atoms with Crippen molar-refractivity contribution in [3.8, 4) is 61.3 Å². The molecule has 13 rings (SSSR count). The predicted octanol–water partition coefficient (Wildman–Crippen LogP) is 18.5. The zero-order chi connectivity index (χ0) is 45.7. The number of anilines is 3. The second kappa shape index (κ2) is 16.9. The first kappa shape index (κ1) is 40.1. The molecule has 0 N–H and O–H groups in total. The van der Waals surface area contributed by atoms with E-state index in [1.54, 1.807) is 0 Å². The van der Waals surface area contributed by atoms with Crippen LogP contribution in [0.3, 0.4) is 0 Å². The summed E-state index contributed by atoms with van der Waals surface area (Å²) >= 11 is 0. The van der Waals surface area contributed by atoms with Gasteiger partial charge in [-0.2, -0.15) is 0 Å². The molecule has 0 spiro atoms. The Morgan fingerprint density at radius 1 is 0.275 bits per heavy atom. The summed E-state index contributed by atoms with van der Waals surface area (Å²) in [6.45, 7) is 0. The van der Waals surface area contributed by atoms with Crippen molar-refractivity contribution < 1.29 is 4.42 Å². The van der Waals surface area contributed by atoms with Gasteiger partial charge >= 0.3 is 0 Å². The van der Waals surface area contributed by atoms with Crippen molar-refractivity contribution in [1.29, 1.82) is 0 Å². The van der Waals surface area contributed by atoms with Crippen LogP contribution in [0, 0.1) is 0 Å². The molecule has 69 heavy (non-hydrogen) atoms. The molecule has 13 aromatic rings. The van der Waals surface area contributed by atoms with E-state index in [0.717, 1.165) is 78.1 Å². The number of rotatable bonds is 9. The summed E-state index contributed by atoms with van der Waals surface area (Å²) in [4.78, 5) is 2.35. The quantitative estimate of drug-likeness (QED) is 0.144. The molecule has 2 heterocycles. The highest BCUT2D eigenvalue weighted by Crippen LogP contribution is 2.43. The van der Waals surface area contributed by atoms with E-state index in [1.807, 2.05) is 12.1 Å². The number of aromatic nitrogens is 1. The lowest BCUT2D eigenvalue weighted by atomic mass is 9.93. The van der Waals surface area contributed by atoms with Gasteiger partial charge in [-0.25, -0.2) is 0 Å². The number of hydrogen-bond donors (Lipinski definition) is 0. The Hall–Kier alpha value is -9.18. The Kier molecular flexibility index (Phi) is 9.84. The normalized spacial score (nSPS) is 11.5.